The lowest BCUT2D eigenvalue weighted by Crippen LogP contribution is -2.64. The molecule has 6 heteroatoms. The highest BCUT2D eigenvalue weighted by molar-refractivity contribution is 5.75. The maximum Gasteiger partial charge on any atom is 0.305 e. The smallest absolute Gasteiger partial charge is 0.305 e. The highest BCUT2D eigenvalue weighted by Crippen LogP contribution is 2.31. The number of aliphatic carboxylic acids is 1. The molecule has 1 amide bonds. The lowest BCUT2D eigenvalue weighted by molar-refractivity contribution is -0.150. The fourth-order valence-corrected chi connectivity index (χ4v) is 2.06. The summed E-state index contributed by atoms with van der Waals surface area (Å²) in [6.45, 7) is 2.31. The van der Waals surface area contributed by atoms with Gasteiger partial charge in [-0.3, -0.25) is 14.3 Å². The summed E-state index contributed by atoms with van der Waals surface area (Å²) >= 11 is 0. The molecule has 0 spiro atoms. The van der Waals surface area contributed by atoms with Crippen molar-refractivity contribution in [2.45, 2.75) is 18.9 Å². The molecule has 2 rings (SSSR count). The van der Waals surface area contributed by atoms with Gasteiger partial charge in [0.25, 0.3) is 0 Å². The number of carboxylic acids is 1. The van der Waals surface area contributed by atoms with Crippen LogP contribution in [0.5, 0.6) is 0 Å². The number of rotatable bonds is 3. The Kier molecular flexibility index (Phi) is 2.41. The van der Waals surface area contributed by atoms with Crippen LogP contribution in [0.15, 0.2) is 18.5 Å². The van der Waals surface area contributed by atoms with E-state index in [1.165, 1.54) is 6.92 Å². The van der Waals surface area contributed by atoms with Gasteiger partial charge in [-0.25, -0.2) is 0 Å². The summed E-state index contributed by atoms with van der Waals surface area (Å²) in [6, 6.07) is 1.75. The first-order valence-corrected chi connectivity index (χ1v) is 5.01. The Labute approximate surface area is 92.5 Å². The number of carboxylic acid groups (broad SMARTS) is 1. The molecule has 0 bridgehead atoms. The Hall–Kier alpha value is -1.85. The van der Waals surface area contributed by atoms with Crippen LogP contribution in [0, 0.1) is 0 Å². The average Bonchev–Trinajstić information content (AvgIpc) is 2.62. The van der Waals surface area contributed by atoms with Crippen LogP contribution in [0.1, 0.15) is 13.3 Å². The van der Waals surface area contributed by atoms with Crippen LogP contribution >= 0.6 is 0 Å². The minimum atomic E-state index is -0.876. The van der Waals surface area contributed by atoms with E-state index in [0.29, 0.717) is 13.1 Å². The molecule has 1 aromatic heterocycles. The van der Waals surface area contributed by atoms with E-state index in [-0.39, 0.29) is 12.3 Å². The standard InChI is InChI=1S/C10H13N3O3/c1-8(14)12-6-10(7-12,5-9(15)16)13-4-2-3-11-13/h2-4H,5-7H2,1H3,(H,15,16). The number of hydrogen-bond donors (Lipinski definition) is 1. The first kappa shape index (κ1) is 10.7. The van der Waals surface area contributed by atoms with Crippen LogP contribution in [0.3, 0.4) is 0 Å². The lowest BCUT2D eigenvalue weighted by Gasteiger charge is -2.49. The molecule has 0 saturated carbocycles. The Morgan fingerprint density at radius 2 is 2.19 bits per heavy atom. The van der Waals surface area contributed by atoms with Crippen LogP contribution in [-0.4, -0.2) is 44.8 Å². The predicted molar refractivity (Wildman–Crippen MR) is 54.7 cm³/mol. The second-order valence-electron chi connectivity index (χ2n) is 4.12. The molecule has 86 valence electrons. The quantitative estimate of drug-likeness (QED) is 0.777. The third-order valence-electron chi connectivity index (χ3n) is 2.89. The highest BCUT2D eigenvalue weighted by Gasteiger charge is 2.47. The predicted octanol–water partition coefficient (Wildman–Crippen LogP) is -0.0848. The molecule has 16 heavy (non-hydrogen) atoms. The van der Waals surface area contributed by atoms with Gasteiger partial charge in [-0.1, -0.05) is 0 Å². The summed E-state index contributed by atoms with van der Waals surface area (Å²) in [7, 11) is 0. The maximum absolute atomic E-state index is 11.1. The third kappa shape index (κ3) is 1.66. The normalized spacial score (nSPS) is 17.9. The minimum absolute atomic E-state index is 0.0154. The highest BCUT2D eigenvalue weighted by atomic mass is 16.4. The fourth-order valence-electron chi connectivity index (χ4n) is 2.06. The number of hydrogen-bond acceptors (Lipinski definition) is 3. The summed E-state index contributed by atoms with van der Waals surface area (Å²) in [6.07, 6.45) is 3.33. The van der Waals surface area contributed by atoms with Crippen molar-refractivity contribution < 1.29 is 14.7 Å². The van der Waals surface area contributed by atoms with Crippen molar-refractivity contribution in [1.82, 2.24) is 14.7 Å². The zero-order chi connectivity index (χ0) is 11.8. The molecule has 0 aromatic carbocycles. The van der Waals surface area contributed by atoms with Gasteiger partial charge >= 0.3 is 5.97 Å². The number of likely N-dealkylation sites (tertiary alicyclic amines) is 1. The molecule has 1 aliphatic rings. The SMILES string of the molecule is CC(=O)N1CC(CC(=O)O)(n2cccn2)C1. The van der Waals surface area contributed by atoms with Crippen molar-refractivity contribution >= 4 is 11.9 Å². The number of amides is 1. The molecule has 0 unspecified atom stereocenters. The van der Waals surface area contributed by atoms with Crippen LogP contribution in [0.4, 0.5) is 0 Å². The average molecular weight is 223 g/mol. The van der Waals surface area contributed by atoms with Crippen molar-refractivity contribution in [3.8, 4) is 0 Å². The zero-order valence-electron chi connectivity index (χ0n) is 8.96. The molecule has 1 aromatic rings. The summed E-state index contributed by atoms with van der Waals surface area (Å²) < 4.78 is 1.64. The van der Waals surface area contributed by atoms with E-state index in [4.69, 9.17) is 5.11 Å². The number of carbonyl (C=O) groups is 2. The largest absolute Gasteiger partial charge is 0.481 e. The van der Waals surface area contributed by atoms with Gasteiger partial charge in [0.2, 0.25) is 5.91 Å². The first-order chi connectivity index (χ1) is 7.53. The van der Waals surface area contributed by atoms with Crippen molar-refractivity contribution in [3.05, 3.63) is 18.5 Å². The van der Waals surface area contributed by atoms with Gasteiger partial charge in [0, 0.05) is 32.4 Å². The summed E-state index contributed by atoms with van der Waals surface area (Å²) in [5.74, 6) is -0.910. The van der Waals surface area contributed by atoms with Gasteiger partial charge < -0.3 is 10.0 Å². The van der Waals surface area contributed by atoms with Gasteiger partial charge in [0.1, 0.15) is 5.54 Å². The van der Waals surface area contributed by atoms with Crippen LogP contribution in [0.2, 0.25) is 0 Å². The second-order valence-corrected chi connectivity index (χ2v) is 4.12. The Morgan fingerprint density at radius 3 is 2.62 bits per heavy atom. The van der Waals surface area contributed by atoms with Gasteiger partial charge in [0.15, 0.2) is 0 Å². The Bertz CT molecular complexity index is 407. The molecular weight excluding hydrogens is 210 g/mol. The van der Waals surface area contributed by atoms with E-state index < -0.39 is 11.5 Å². The molecule has 0 radical (unpaired) electrons. The van der Waals surface area contributed by atoms with E-state index in [1.807, 2.05) is 0 Å². The molecular formula is C10H13N3O3. The molecule has 6 nitrogen and oxygen atoms in total. The van der Waals surface area contributed by atoms with Crippen molar-refractivity contribution in [1.29, 1.82) is 0 Å². The van der Waals surface area contributed by atoms with Crippen LogP contribution in [-0.2, 0) is 15.1 Å². The minimum Gasteiger partial charge on any atom is -0.481 e. The van der Waals surface area contributed by atoms with Crippen LogP contribution < -0.4 is 0 Å². The lowest BCUT2D eigenvalue weighted by atomic mass is 9.86. The second kappa shape index (κ2) is 3.62. The first-order valence-electron chi connectivity index (χ1n) is 5.01. The van der Waals surface area contributed by atoms with E-state index in [0.717, 1.165) is 0 Å². The summed E-state index contributed by atoms with van der Waals surface area (Å²) in [4.78, 5) is 23.6. The summed E-state index contributed by atoms with van der Waals surface area (Å²) in [5.41, 5.74) is -0.568. The van der Waals surface area contributed by atoms with Crippen molar-refractivity contribution in [3.63, 3.8) is 0 Å². The van der Waals surface area contributed by atoms with Crippen molar-refractivity contribution in [2.24, 2.45) is 0 Å². The molecule has 1 saturated heterocycles. The number of aromatic nitrogens is 2. The topological polar surface area (TPSA) is 75.4 Å². The van der Waals surface area contributed by atoms with E-state index in [1.54, 1.807) is 28.0 Å². The molecule has 2 heterocycles. The number of carbonyl (C=O) groups excluding carboxylic acids is 1. The molecule has 1 N–H and O–H groups in total. The van der Waals surface area contributed by atoms with Crippen LogP contribution in [0.25, 0.3) is 0 Å². The van der Waals surface area contributed by atoms with Gasteiger partial charge in [0.05, 0.1) is 6.42 Å². The molecule has 0 aliphatic carbocycles. The van der Waals surface area contributed by atoms with Crippen molar-refractivity contribution in [2.75, 3.05) is 13.1 Å². The Morgan fingerprint density at radius 1 is 1.50 bits per heavy atom. The third-order valence-corrected chi connectivity index (χ3v) is 2.89. The van der Waals surface area contributed by atoms with E-state index in [2.05, 4.69) is 5.10 Å². The van der Waals surface area contributed by atoms with E-state index >= 15 is 0 Å². The molecule has 1 fully saturated rings. The fraction of sp³-hybridized carbons (Fsp3) is 0.500. The maximum atomic E-state index is 11.1. The monoisotopic (exact) mass is 223 g/mol. The molecule has 1 aliphatic heterocycles. The Balaban J connectivity index is 2.18. The van der Waals surface area contributed by atoms with E-state index in [9.17, 15) is 9.59 Å². The van der Waals surface area contributed by atoms with Gasteiger partial charge in [-0.2, -0.15) is 5.10 Å². The zero-order valence-corrected chi connectivity index (χ0v) is 8.96. The van der Waals surface area contributed by atoms with Gasteiger partial charge in [-0.05, 0) is 6.07 Å². The number of nitrogens with zero attached hydrogens (tertiary/aromatic N) is 3. The molecule has 0 atom stereocenters. The van der Waals surface area contributed by atoms with Gasteiger partial charge in [-0.15, -0.1) is 0 Å². The summed E-state index contributed by atoms with van der Waals surface area (Å²) in [5, 5.41) is 13.0.